The zero-order chi connectivity index (χ0) is 15.0. The number of hydrogen-bond acceptors (Lipinski definition) is 4. The zero-order valence-electron chi connectivity index (χ0n) is 11.1. The summed E-state index contributed by atoms with van der Waals surface area (Å²) in [4.78, 5) is 24.3. The quantitative estimate of drug-likeness (QED) is 0.875. The number of alkyl halides is 1. The lowest BCUT2D eigenvalue weighted by molar-refractivity contribution is -0.151. The number of nitrogens with zero attached hydrogens (tertiary/aromatic N) is 1. The molecular weight excluding hydrogens is 281 g/mol. The van der Waals surface area contributed by atoms with E-state index in [0.29, 0.717) is 11.5 Å². The Kier molecular flexibility index (Phi) is 3.19. The Morgan fingerprint density at radius 1 is 1.33 bits per heavy atom. The van der Waals surface area contributed by atoms with Crippen LogP contribution in [-0.4, -0.2) is 53.4 Å². The number of halogens is 1. The van der Waals surface area contributed by atoms with E-state index in [9.17, 15) is 14.0 Å². The van der Waals surface area contributed by atoms with Crippen LogP contribution in [0.1, 0.15) is 6.42 Å². The van der Waals surface area contributed by atoms with Crippen molar-refractivity contribution >= 4 is 11.9 Å². The third kappa shape index (κ3) is 2.39. The second-order valence-corrected chi connectivity index (χ2v) is 5.14. The van der Waals surface area contributed by atoms with Crippen LogP contribution in [0.15, 0.2) is 24.3 Å². The van der Waals surface area contributed by atoms with Crippen molar-refractivity contribution < 1.29 is 28.6 Å². The molecule has 2 heterocycles. The molecule has 2 unspecified atom stereocenters. The van der Waals surface area contributed by atoms with Gasteiger partial charge in [-0.25, -0.2) is 9.18 Å². The smallest absolute Gasteiger partial charge is 0.343 e. The predicted octanol–water partition coefficient (Wildman–Crippen LogP) is 0.852. The van der Waals surface area contributed by atoms with Gasteiger partial charge in [0, 0.05) is 13.0 Å². The van der Waals surface area contributed by atoms with Crippen molar-refractivity contribution in [1.82, 2.24) is 4.90 Å². The molecule has 1 amide bonds. The highest BCUT2D eigenvalue weighted by molar-refractivity contribution is 5.85. The first-order valence-electron chi connectivity index (χ1n) is 6.59. The third-order valence-corrected chi connectivity index (χ3v) is 3.70. The minimum atomic E-state index is -2.37. The average molecular weight is 295 g/mol. The van der Waals surface area contributed by atoms with E-state index in [1.54, 1.807) is 24.3 Å². The van der Waals surface area contributed by atoms with E-state index >= 15 is 0 Å². The van der Waals surface area contributed by atoms with Crippen molar-refractivity contribution in [3.8, 4) is 11.5 Å². The van der Waals surface area contributed by atoms with Gasteiger partial charge in [-0.15, -0.1) is 0 Å². The summed E-state index contributed by atoms with van der Waals surface area (Å²) in [6.07, 6.45) is -1.09. The number of benzene rings is 1. The summed E-state index contributed by atoms with van der Waals surface area (Å²) in [6, 6.07) is 6.94. The van der Waals surface area contributed by atoms with E-state index in [1.165, 1.54) is 4.90 Å². The van der Waals surface area contributed by atoms with E-state index in [-0.39, 0.29) is 19.6 Å². The van der Waals surface area contributed by atoms with Gasteiger partial charge < -0.3 is 19.5 Å². The highest BCUT2D eigenvalue weighted by atomic mass is 19.1. The molecule has 1 aromatic carbocycles. The second kappa shape index (κ2) is 4.91. The first kappa shape index (κ1) is 13.7. The third-order valence-electron chi connectivity index (χ3n) is 3.70. The molecule has 21 heavy (non-hydrogen) atoms. The molecule has 1 saturated heterocycles. The first-order chi connectivity index (χ1) is 9.99. The van der Waals surface area contributed by atoms with Crippen LogP contribution in [0.5, 0.6) is 11.5 Å². The Bertz CT molecular complexity index is 592. The Hall–Kier alpha value is -2.31. The van der Waals surface area contributed by atoms with Crippen LogP contribution in [0.3, 0.4) is 0 Å². The normalized spacial score (nSPS) is 27.5. The van der Waals surface area contributed by atoms with Crippen LogP contribution >= 0.6 is 0 Å². The molecule has 0 saturated carbocycles. The molecule has 2 atom stereocenters. The lowest BCUT2D eigenvalue weighted by Gasteiger charge is -2.28. The molecule has 112 valence electrons. The Balaban J connectivity index is 1.69. The molecule has 2 aliphatic heterocycles. The van der Waals surface area contributed by atoms with Crippen LogP contribution in [0.2, 0.25) is 0 Å². The van der Waals surface area contributed by atoms with Gasteiger partial charge in [-0.2, -0.15) is 0 Å². The molecule has 7 heteroatoms. The van der Waals surface area contributed by atoms with Crippen LogP contribution < -0.4 is 9.47 Å². The molecule has 1 fully saturated rings. The summed E-state index contributed by atoms with van der Waals surface area (Å²) >= 11 is 0. The van der Waals surface area contributed by atoms with Crippen LogP contribution in [-0.2, 0) is 9.59 Å². The summed E-state index contributed by atoms with van der Waals surface area (Å²) in [5, 5.41) is 8.84. The first-order valence-corrected chi connectivity index (χ1v) is 6.59. The van der Waals surface area contributed by atoms with Crippen LogP contribution in [0, 0.1) is 0 Å². The molecule has 1 N–H and O–H groups in total. The molecule has 3 rings (SSSR count). The summed E-state index contributed by atoms with van der Waals surface area (Å²) in [5.41, 5.74) is -2.37. The minimum absolute atomic E-state index is 0.0265. The van der Waals surface area contributed by atoms with Crippen molar-refractivity contribution in [2.75, 3.05) is 19.7 Å². The highest BCUT2D eigenvalue weighted by Gasteiger charge is 2.48. The van der Waals surface area contributed by atoms with Crippen LogP contribution in [0.4, 0.5) is 4.39 Å². The van der Waals surface area contributed by atoms with Crippen LogP contribution in [0.25, 0.3) is 0 Å². The van der Waals surface area contributed by atoms with E-state index in [2.05, 4.69) is 0 Å². The largest absolute Gasteiger partial charge is 0.485 e. The van der Waals surface area contributed by atoms with Gasteiger partial charge in [-0.05, 0) is 12.1 Å². The maximum atomic E-state index is 14.0. The molecule has 0 aliphatic carbocycles. The maximum absolute atomic E-state index is 14.0. The van der Waals surface area contributed by atoms with Crippen molar-refractivity contribution in [2.45, 2.75) is 18.2 Å². The SMILES string of the molecule is O=C(C1COc2ccccc2O1)N1CCC(F)(C(=O)O)C1. The number of carbonyl (C=O) groups excluding carboxylic acids is 1. The fourth-order valence-electron chi connectivity index (χ4n) is 2.48. The number of carbonyl (C=O) groups is 2. The number of carboxylic acid groups (broad SMARTS) is 1. The lowest BCUT2D eigenvalue weighted by atomic mass is 10.1. The van der Waals surface area contributed by atoms with Crippen molar-refractivity contribution in [3.05, 3.63) is 24.3 Å². The van der Waals surface area contributed by atoms with E-state index in [1.807, 2.05) is 0 Å². The van der Waals surface area contributed by atoms with E-state index in [0.717, 1.165) is 0 Å². The van der Waals surface area contributed by atoms with Gasteiger partial charge in [-0.3, -0.25) is 4.79 Å². The fraction of sp³-hybridized carbons (Fsp3) is 0.429. The molecule has 6 nitrogen and oxygen atoms in total. The van der Waals surface area contributed by atoms with Gasteiger partial charge >= 0.3 is 5.97 Å². The molecule has 2 aliphatic rings. The molecule has 0 radical (unpaired) electrons. The number of fused-ring (bicyclic) bond motifs is 1. The van der Waals surface area contributed by atoms with Gasteiger partial charge in [0.1, 0.15) is 6.61 Å². The van der Waals surface area contributed by atoms with Gasteiger partial charge in [0.2, 0.25) is 11.8 Å². The van der Waals surface area contributed by atoms with E-state index in [4.69, 9.17) is 14.6 Å². The average Bonchev–Trinajstić information content (AvgIpc) is 2.90. The number of ether oxygens (including phenoxy) is 2. The monoisotopic (exact) mass is 295 g/mol. The minimum Gasteiger partial charge on any atom is -0.485 e. The second-order valence-electron chi connectivity index (χ2n) is 5.14. The van der Waals surface area contributed by atoms with Gasteiger partial charge in [0.05, 0.1) is 6.54 Å². The Morgan fingerprint density at radius 2 is 2.05 bits per heavy atom. The number of rotatable bonds is 2. The molecule has 1 aromatic rings. The predicted molar refractivity (Wildman–Crippen MR) is 69.0 cm³/mol. The number of para-hydroxylation sites is 2. The molecule has 0 bridgehead atoms. The topological polar surface area (TPSA) is 76.1 Å². The number of hydrogen-bond donors (Lipinski definition) is 1. The summed E-state index contributed by atoms with van der Waals surface area (Å²) < 4.78 is 25.0. The standard InChI is InChI=1S/C14H14FNO5/c15-14(13(18)19)5-6-16(8-14)12(17)11-7-20-9-3-1-2-4-10(9)21-11/h1-4,11H,5-8H2,(H,18,19). The summed E-state index contributed by atoms with van der Waals surface area (Å²) in [5.74, 6) is -0.992. The number of aliphatic carboxylic acids is 1. The van der Waals surface area contributed by atoms with Crippen molar-refractivity contribution in [2.24, 2.45) is 0 Å². The Labute approximate surface area is 120 Å². The van der Waals surface area contributed by atoms with Gasteiger partial charge in [-0.1, -0.05) is 12.1 Å². The lowest BCUT2D eigenvalue weighted by Crippen LogP contribution is -2.47. The maximum Gasteiger partial charge on any atom is 0.343 e. The summed E-state index contributed by atoms with van der Waals surface area (Å²) in [6.45, 7) is -0.371. The van der Waals surface area contributed by atoms with E-state index < -0.39 is 30.2 Å². The number of carboxylic acids is 1. The van der Waals surface area contributed by atoms with Gasteiger partial charge in [0.25, 0.3) is 5.91 Å². The van der Waals surface area contributed by atoms with Crippen molar-refractivity contribution in [1.29, 1.82) is 0 Å². The molecule has 0 spiro atoms. The fourth-order valence-corrected chi connectivity index (χ4v) is 2.48. The highest BCUT2D eigenvalue weighted by Crippen LogP contribution is 2.32. The molecule has 0 aromatic heterocycles. The van der Waals surface area contributed by atoms with Crippen molar-refractivity contribution in [3.63, 3.8) is 0 Å². The number of likely N-dealkylation sites (tertiary alicyclic amines) is 1. The Morgan fingerprint density at radius 3 is 2.71 bits per heavy atom. The summed E-state index contributed by atoms with van der Waals surface area (Å²) in [7, 11) is 0. The van der Waals surface area contributed by atoms with Gasteiger partial charge in [0.15, 0.2) is 11.5 Å². The number of amides is 1. The zero-order valence-corrected chi connectivity index (χ0v) is 11.1. The molecular formula is C14H14FNO5.